The Morgan fingerprint density at radius 2 is 1.93 bits per heavy atom. The van der Waals surface area contributed by atoms with E-state index in [1.54, 1.807) is 12.1 Å². The van der Waals surface area contributed by atoms with Crippen LogP contribution in [0.1, 0.15) is 11.8 Å². The summed E-state index contributed by atoms with van der Waals surface area (Å²) in [4.78, 5) is 12.5. The van der Waals surface area contributed by atoms with Gasteiger partial charge < -0.3 is 30.5 Å². The number of imidazole rings is 1. The molecule has 1 aliphatic heterocycles. The Bertz CT molecular complexity index is 982. The molecule has 1 saturated heterocycles. The molecule has 0 saturated carbocycles. The third kappa shape index (κ3) is 3.36. The number of nitrogens with two attached hydrogens (primary N) is 1. The topological polar surface area (TPSA) is 149 Å². The molecular weight excluding hydrogens is 390 g/mol. The molecule has 148 valence electrons. The van der Waals surface area contributed by atoms with Crippen molar-refractivity contribution in [2.75, 3.05) is 12.3 Å². The largest absolute Gasteiger partial charge is 0.471 e. The molecule has 0 radical (unpaired) electrons. The average Bonchev–Trinajstić information content (AvgIpc) is 3.22. The molecule has 0 amide bonds. The fourth-order valence-corrected chi connectivity index (χ4v) is 3.16. The number of anilines is 1. The fourth-order valence-electron chi connectivity index (χ4n) is 3.04. The Kier molecular flexibility index (Phi) is 5.04. The molecule has 1 unspecified atom stereocenters. The van der Waals surface area contributed by atoms with Crippen molar-refractivity contribution in [1.29, 1.82) is 0 Å². The first kappa shape index (κ1) is 18.8. The van der Waals surface area contributed by atoms with Crippen molar-refractivity contribution in [3.63, 3.8) is 0 Å². The number of rotatable bonds is 5. The Labute approximate surface area is 164 Å². The van der Waals surface area contributed by atoms with E-state index in [0.29, 0.717) is 10.5 Å². The van der Waals surface area contributed by atoms with Gasteiger partial charge in [-0.15, -0.1) is 0 Å². The van der Waals surface area contributed by atoms with Gasteiger partial charge in [0.1, 0.15) is 24.9 Å². The number of aliphatic hydroxyl groups excluding tert-OH is 3. The van der Waals surface area contributed by atoms with Crippen molar-refractivity contribution in [2.45, 2.75) is 31.1 Å². The van der Waals surface area contributed by atoms with Gasteiger partial charge in [0.15, 0.2) is 17.4 Å². The van der Waals surface area contributed by atoms with Gasteiger partial charge in [-0.2, -0.15) is 9.97 Å². The zero-order valence-electron chi connectivity index (χ0n) is 14.5. The summed E-state index contributed by atoms with van der Waals surface area (Å²) in [5.41, 5.74) is 7.27. The van der Waals surface area contributed by atoms with Crippen molar-refractivity contribution in [3.8, 4) is 5.88 Å². The van der Waals surface area contributed by atoms with Gasteiger partial charge in [0.05, 0.1) is 12.9 Å². The Morgan fingerprint density at radius 1 is 1.18 bits per heavy atom. The van der Waals surface area contributed by atoms with E-state index in [1.165, 1.54) is 10.9 Å². The van der Waals surface area contributed by atoms with Crippen LogP contribution in [0, 0.1) is 0 Å². The van der Waals surface area contributed by atoms with Gasteiger partial charge in [0.25, 0.3) is 0 Å². The van der Waals surface area contributed by atoms with Crippen LogP contribution in [-0.2, 0) is 11.3 Å². The van der Waals surface area contributed by atoms with Gasteiger partial charge in [0.2, 0.25) is 11.8 Å². The van der Waals surface area contributed by atoms with Crippen LogP contribution < -0.4 is 10.5 Å². The van der Waals surface area contributed by atoms with Crippen molar-refractivity contribution in [3.05, 3.63) is 41.2 Å². The zero-order chi connectivity index (χ0) is 19.8. The molecule has 0 aliphatic carbocycles. The zero-order valence-corrected chi connectivity index (χ0v) is 15.3. The Hall–Kier alpha value is -2.50. The quantitative estimate of drug-likeness (QED) is 0.466. The summed E-state index contributed by atoms with van der Waals surface area (Å²) in [5.74, 6) is 0.120. The molecule has 1 fully saturated rings. The Balaban J connectivity index is 1.64. The standard InChI is InChI=1S/C17H18ClN5O5/c18-9-3-1-8(2-4-9)6-27-15-11-14(21-17(19)22-15)23(7-20-11)16-13(26)12(25)10(5-24)28-16/h1-4,7,10,12-13,16,24-26H,5-6H2,(H2,19,21,22)/t10-,12-,13-,16?/m1/s1. The number of aromatic nitrogens is 4. The van der Waals surface area contributed by atoms with E-state index in [2.05, 4.69) is 15.0 Å². The number of hydrogen-bond acceptors (Lipinski definition) is 9. The molecule has 0 bridgehead atoms. The minimum atomic E-state index is -1.27. The first-order chi connectivity index (χ1) is 13.5. The smallest absolute Gasteiger partial charge is 0.247 e. The summed E-state index contributed by atoms with van der Waals surface area (Å²) in [7, 11) is 0. The molecule has 0 spiro atoms. The molecular formula is C17H18ClN5O5. The van der Waals surface area contributed by atoms with Crippen molar-refractivity contribution in [2.24, 2.45) is 0 Å². The number of halogens is 1. The molecule has 5 N–H and O–H groups in total. The second kappa shape index (κ2) is 7.49. The number of nitrogens with zero attached hydrogens (tertiary/aromatic N) is 4. The van der Waals surface area contributed by atoms with Gasteiger partial charge >= 0.3 is 0 Å². The van der Waals surface area contributed by atoms with Gasteiger partial charge in [-0.3, -0.25) is 4.57 Å². The number of benzene rings is 1. The van der Waals surface area contributed by atoms with Gasteiger partial charge in [-0.1, -0.05) is 23.7 Å². The molecule has 11 heteroatoms. The lowest BCUT2D eigenvalue weighted by atomic mass is 10.1. The van der Waals surface area contributed by atoms with E-state index in [-0.39, 0.29) is 24.1 Å². The second-order valence-corrected chi connectivity index (χ2v) is 6.79. The van der Waals surface area contributed by atoms with Crippen molar-refractivity contribution in [1.82, 2.24) is 19.5 Å². The highest BCUT2D eigenvalue weighted by Gasteiger charge is 2.44. The van der Waals surface area contributed by atoms with Crippen LogP contribution in [0.25, 0.3) is 11.2 Å². The first-order valence-corrected chi connectivity index (χ1v) is 8.85. The van der Waals surface area contributed by atoms with Crippen LogP contribution in [0.4, 0.5) is 5.95 Å². The molecule has 4 atom stereocenters. The van der Waals surface area contributed by atoms with Crippen molar-refractivity contribution < 1.29 is 24.8 Å². The lowest BCUT2D eigenvalue weighted by molar-refractivity contribution is -0.0511. The third-order valence-corrected chi connectivity index (χ3v) is 4.74. The Morgan fingerprint density at radius 3 is 2.61 bits per heavy atom. The van der Waals surface area contributed by atoms with E-state index in [0.717, 1.165) is 5.56 Å². The minimum Gasteiger partial charge on any atom is -0.471 e. The monoisotopic (exact) mass is 407 g/mol. The summed E-state index contributed by atoms with van der Waals surface area (Å²) in [5, 5.41) is 30.1. The maximum absolute atomic E-state index is 10.3. The van der Waals surface area contributed by atoms with Gasteiger partial charge in [0, 0.05) is 5.02 Å². The normalized spacial score (nSPS) is 24.7. The predicted octanol–water partition coefficient (Wildman–Crippen LogP) is 0.252. The maximum Gasteiger partial charge on any atom is 0.247 e. The lowest BCUT2D eigenvalue weighted by Gasteiger charge is -2.16. The van der Waals surface area contributed by atoms with Gasteiger partial charge in [-0.05, 0) is 17.7 Å². The number of fused-ring (bicyclic) bond motifs is 1. The number of aliphatic hydroxyl groups is 3. The summed E-state index contributed by atoms with van der Waals surface area (Å²) < 4.78 is 12.7. The van der Waals surface area contributed by atoms with E-state index in [4.69, 9.17) is 26.8 Å². The van der Waals surface area contributed by atoms with E-state index in [9.17, 15) is 15.3 Å². The van der Waals surface area contributed by atoms with Crippen LogP contribution in [-0.4, -0.2) is 59.8 Å². The highest BCUT2D eigenvalue weighted by molar-refractivity contribution is 6.30. The summed E-state index contributed by atoms with van der Waals surface area (Å²) in [6, 6.07) is 7.14. The van der Waals surface area contributed by atoms with Crippen LogP contribution in [0.3, 0.4) is 0 Å². The van der Waals surface area contributed by atoms with Crippen LogP contribution in [0.2, 0.25) is 5.02 Å². The number of hydrogen-bond donors (Lipinski definition) is 4. The highest BCUT2D eigenvalue weighted by atomic mass is 35.5. The van der Waals surface area contributed by atoms with E-state index < -0.39 is 31.1 Å². The number of ether oxygens (including phenoxy) is 2. The van der Waals surface area contributed by atoms with Gasteiger partial charge in [-0.25, -0.2) is 4.98 Å². The van der Waals surface area contributed by atoms with Crippen molar-refractivity contribution >= 4 is 28.7 Å². The fraction of sp³-hybridized carbons (Fsp3) is 0.353. The minimum absolute atomic E-state index is 0.0490. The predicted molar refractivity (Wildman–Crippen MR) is 98.5 cm³/mol. The summed E-state index contributed by atoms with van der Waals surface area (Å²) in [6.07, 6.45) is -3.04. The maximum atomic E-state index is 10.3. The van der Waals surface area contributed by atoms with Crippen LogP contribution >= 0.6 is 11.6 Å². The van der Waals surface area contributed by atoms with E-state index >= 15 is 0 Å². The molecule has 2 aromatic heterocycles. The first-order valence-electron chi connectivity index (χ1n) is 8.47. The molecule has 4 rings (SSSR count). The number of nitrogen functional groups attached to an aromatic ring is 1. The molecule has 10 nitrogen and oxygen atoms in total. The highest BCUT2D eigenvalue weighted by Crippen LogP contribution is 2.33. The summed E-state index contributed by atoms with van der Waals surface area (Å²) in [6.45, 7) is -0.225. The third-order valence-electron chi connectivity index (χ3n) is 4.49. The molecule has 28 heavy (non-hydrogen) atoms. The van der Waals surface area contributed by atoms with Crippen LogP contribution in [0.5, 0.6) is 5.88 Å². The second-order valence-electron chi connectivity index (χ2n) is 6.36. The SMILES string of the molecule is Nc1nc(OCc2ccc(Cl)cc2)c2ncn(C3O[C@H](CO)[C@@H](O)[C@H]3O)c2n1. The van der Waals surface area contributed by atoms with E-state index in [1.807, 2.05) is 12.1 Å². The van der Waals surface area contributed by atoms with Crippen LogP contribution in [0.15, 0.2) is 30.6 Å². The molecule has 1 aliphatic rings. The average molecular weight is 408 g/mol. The summed E-state index contributed by atoms with van der Waals surface area (Å²) >= 11 is 5.88. The molecule has 3 aromatic rings. The molecule has 1 aromatic carbocycles. The molecule has 3 heterocycles. The lowest BCUT2D eigenvalue weighted by Crippen LogP contribution is -2.33.